The number of benzene rings is 3. The first kappa shape index (κ1) is 25.0. The molecule has 3 aliphatic heterocycles. The highest BCUT2D eigenvalue weighted by molar-refractivity contribution is 6.02. The van der Waals surface area contributed by atoms with E-state index in [0.717, 1.165) is 29.3 Å². The van der Waals surface area contributed by atoms with Gasteiger partial charge in [0.05, 0.1) is 11.1 Å². The molecule has 2 unspecified atom stereocenters. The Balaban J connectivity index is 1.31. The lowest BCUT2D eigenvalue weighted by molar-refractivity contribution is 0.0789. The van der Waals surface area contributed by atoms with Gasteiger partial charge in [0, 0.05) is 56.2 Å². The number of pyridine rings is 2. The van der Waals surface area contributed by atoms with Crippen LogP contribution in [0.4, 0.5) is 10.1 Å². The van der Waals surface area contributed by atoms with Crippen LogP contribution in [-0.2, 0) is 0 Å². The standard InChI is InChI=1S/C33H28FN5O3/c34-25-15-23-29-32(30(25)37-12-9-22(35)17-37)42-28-14-20-6-2-1-5-19(20)13-27(28)39(29)18-24(31(23)40)33(41)38-11-8-21(16-38)26-7-3-4-10-36-26/h1-7,10,13-15,18,21-22H,8-9,11-12,16-17,35H2. The second kappa shape index (κ2) is 9.39. The van der Waals surface area contributed by atoms with Crippen molar-refractivity contribution >= 4 is 33.3 Å². The summed E-state index contributed by atoms with van der Waals surface area (Å²) in [6, 6.07) is 18.7. The number of ether oxygens (including phenoxy) is 1. The van der Waals surface area contributed by atoms with Gasteiger partial charge in [-0.05, 0) is 53.9 Å². The van der Waals surface area contributed by atoms with Crippen LogP contribution >= 0.6 is 0 Å². The summed E-state index contributed by atoms with van der Waals surface area (Å²) in [4.78, 5) is 35.9. The van der Waals surface area contributed by atoms with Gasteiger partial charge < -0.3 is 24.8 Å². The molecule has 8 nitrogen and oxygen atoms in total. The van der Waals surface area contributed by atoms with Gasteiger partial charge in [-0.2, -0.15) is 0 Å². The number of carbonyl (C=O) groups is 1. The van der Waals surface area contributed by atoms with Crippen molar-refractivity contribution in [2.45, 2.75) is 24.8 Å². The minimum atomic E-state index is -0.569. The molecule has 2 fully saturated rings. The van der Waals surface area contributed by atoms with Crippen molar-refractivity contribution in [1.82, 2.24) is 14.5 Å². The number of halogens is 1. The molecule has 3 aromatic carbocycles. The van der Waals surface area contributed by atoms with Crippen LogP contribution in [0.15, 0.2) is 77.9 Å². The molecule has 0 saturated carbocycles. The Bertz CT molecular complexity index is 1970. The molecule has 210 valence electrons. The number of fused-ring (bicyclic) bond motifs is 3. The first-order chi connectivity index (χ1) is 20.5. The molecule has 5 heterocycles. The maximum atomic E-state index is 16.0. The Morgan fingerprint density at radius 1 is 1.00 bits per heavy atom. The molecule has 5 aromatic rings. The number of hydrogen-bond donors (Lipinski definition) is 1. The summed E-state index contributed by atoms with van der Waals surface area (Å²) in [7, 11) is 0. The second-order valence-corrected chi connectivity index (χ2v) is 11.4. The van der Waals surface area contributed by atoms with Gasteiger partial charge in [0.25, 0.3) is 5.91 Å². The molecule has 2 saturated heterocycles. The van der Waals surface area contributed by atoms with E-state index in [1.165, 1.54) is 6.07 Å². The quantitative estimate of drug-likeness (QED) is 0.329. The molecule has 42 heavy (non-hydrogen) atoms. The van der Waals surface area contributed by atoms with E-state index in [1.807, 2.05) is 64.1 Å². The number of rotatable bonds is 3. The molecule has 1 amide bonds. The van der Waals surface area contributed by atoms with Gasteiger partial charge in [0.1, 0.15) is 16.8 Å². The third-order valence-corrected chi connectivity index (χ3v) is 8.82. The molecule has 2 aromatic heterocycles. The van der Waals surface area contributed by atoms with Crippen molar-refractivity contribution in [2.24, 2.45) is 5.73 Å². The number of likely N-dealkylation sites (tertiary alicyclic amines) is 1. The third kappa shape index (κ3) is 3.80. The van der Waals surface area contributed by atoms with E-state index < -0.39 is 11.2 Å². The van der Waals surface area contributed by atoms with Crippen LogP contribution in [0.25, 0.3) is 27.4 Å². The van der Waals surface area contributed by atoms with Crippen LogP contribution in [0.3, 0.4) is 0 Å². The molecular formula is C33H28FN5O3. The second-order valence-electron chi connectivity index (χ2n) is 11.4. The van der Waals surface area contributed by atoms with E-state index in [1.54, 1.807) is 17.3 Å². The lowest BCUT2D eigenvalue weighted by atomic mass is 10.0. The Morgan fingerprint density at radius 3 is 2.57 bits per heavy atom. The van der Waals surface area contributed by atoms with Gasteiger partial charge >= 0.3 is 0 Å². The Labute approximate surface area is 240 Å². The van der Waals surface area contributed by atoms with Crippen LogP contribution in [0, 0.1) is 5.82 Å². The smallest absolute Gasteiger partial charge is 0.259 e. The average molecular weight is 562 g/mol. The zero-order chi connectivity index (χ0) is 28.5. The van der Waals surface area contributed by atoms with Crippen LogP contribution in [0.1, 0.15) is 34.8 Å². The average Bonchev–Trinajstić information content (AvgIpc) is 3.67. The summed E-state index contributed by atoms with van der Waals surface area (Å²) >= 11 is 0. The lowest BCUT2D eigenvalue weighted by Crippen LogP contribution is -2.33. The van der Waals surface area contributed by atoms with Gasteiger partial charge in [-0.25, -0.2) is 4.39 Å². The fourth-order valence-electron chi connectivity index (χ4n) is 6.70. The highest BCUT2D eigenvalue weighted by Crippen LogP contribution is 2.48. The van der Waals surface area contributed by atoms with Crippen LogP contribution < -0.4 is 20.8 Å². The molecular weight excluding hydrogens is 533 g/mol. The van der Waals surface area contributed by atoms with Gasteiger partial charge in [-0.15, -0.1) is 0 Å². The maximum absolute atomic E-state index is 16.0. The molecule has 3 aliphatic rings. The largest absolute Gasteiger partial charge is 0.451 e. The van der Waals surface area contributed by atoms with E-state index in [-0.39, 0.29) is 34.6 Å². The summed E-state index contributed by atoms with van der Waals surface area (Å²) in [6.45, 7) is 2.04. The van der Waals surface area contributed by atoms with E-state index in [2.05, 4.69) is 4.98 Å². The minimum absolute atomic E-state index is 0.00599. The monoisotopic (exact) mass is 561 g/mol. The molecule has 0 radical (unpaired) electrons. The normalized spacial score (nSPS) is 19.4. The first-order valence-electron chi connectivity index (χ1n) is 14.3. The SMILES string of the molecule is NC1CCN(c2c(F)cc3c(=O)c(C(=O)N4CCC(c5ccccn5)C4)cn4c3c2Oc2cc3ccccc3cc2-4)C1. The Hall–Kier alpha value is -4.76. The van der Waals surface area contributed by atoms with E-state index in [0.29, 0.717) is 48.8 Å². The summed E-state index contributed by atoms with van der Waals surface area (Å²) in [5.74, 6) is -0.0452. The lowest BCUT2D eigenvalue weighted by Gasteiger charge is -2.29. The first-order valence-corrected chi connectivity index (χ1v) is 14.3. The summed E-state index contributed by atoms with van der Waals surface area (Å²) in [5, 5.41) is 2.06. The predicted molar refractivity (Wildman–Crippen MR) is 159 cm³/mol. The van der Waals surface area contributed by atoms with Gasteiger partial charge in [-0.1, -0.05) is 30.3 Å². The zero-order valence-corrected chi connectivity index (χ0v) is 22.8. The van der Waals surface area contributed by atoms with Gasteiger partial charge in [0.2, 0.25) is 5.43 Å². The fraction of sp³-hybridized carbons (Fsp3) is 0.242. The highest BCUT2D eigenvalue weighted by Gasteiger charge is 2.35. The number of nitrogens with zero attached hydrogens (tertiary/aromatic N) is 4. The number of nitrogens with two attached hydrogens (primary N) is 1. The van der Waals surface area contributed by atoms with Crippen molar-refractivity contribution in [3.63, 3.8) is 0 Å². The van der Waals surface area contributed by atoms with Crippen molar-refractivity contribution in [3.8, 4) is 17.2 Å². The molecule has 0 spiro atoms. The number of hydrogen-bond acceptors (Lipinski definition) is 6. The van der Waals surface area contributed by atoms with E-state index >= 15 is 4.39 Å². The van der Waals surface area contributed by atoms with E-state index in [4.69, 9.17) is 10.5 Å². The molecule has 0 bridgehead atoms. The van der Waals surface area contributed by atoms with Crippen LogP contribution in [-0.4, -0.2) is 52.6 Å². The minimum Gasteiger partial charge on any atom is -0.451 e. The highest BCUT2D eigenvalue weighted by atomic mass is 19.1. The Morgan fingerprint density at radius 2 is 1.81 bits per heavy atom. The van der Waals surface area contributed by atoms with Crippen LogP contribution in [0.5, 0.6) is 11.5 Å². The number of amides is 1. The summed E-state index contributed by atoms with van der Waals surface area (Å²) in [5.41, 5.74) is 8.02. The van der Waals surface area contributed by atoms with Crippen molar-refractivity contribution in [3.05, 3.63) is 100 Å². The zero-order valence-electron chi connectivity index (χ0n) is 22.8. The number of aromatic nitrogens is 2. The van der Waals surface area contributed by atoms with Crippen molar-refractivity contribution < 1.29 is 13.9 Å². The summed E-state index contributed by atoms with van der Waals surface area (Å²) in [6.07, 6.45) is 4.85. The third-order valence-electron chi connectivity index (χ3n) is 8.82. The molecule has 2 N–H and O–H groups in total. The Kier molecular flexibility index (Phi) is 5.59. The molecule has 8 rings (SSSR count). The molecule has 2 atom stereocenters. The summed E-state index contributed by atoms with van der Waals surface area (Å²) < 4.78 is 24.3. The number of anilines is 1. The molecule has 0 aliphatic carbocycles. The van der Waals surface area contributed by atoms with Crippen LogP contribution in [0.2, 0.25) is 0 Å². The van der Waals surface area contributed by atoms with E-state index in [9.17, 15) is 9.59 Å². The number of carbonyl (C=O) groups excluding carboxylic acids is 1. The van der Waals surface area contributed by atoms with Crippen molar-refractivity contribution in [2.75, 3.05) is 31.1 Å². The van der Waals surface area contributed by atoms with Gasteiger partial charge in [-0.3, -0.25) is 14.6 Å². The predicted octanol–water partition coefficient (Wildman–Crippen LogP) is 4.95. The topological polar surface area (TPSA) is 93.7 Å². The maximum Gasteiger partial charge on any atom is 0.259 e. The van der Waals surface area contributed by atoms with Crippen molar-refractivity contribution in [1.29, 1.82) is 0 Å². The van der Waals surface area contributed by atoms with Gasteiger partial charge in [0.15, 0.2) is 17.3 Å². The molecule has 9 heteroatoms. The fourth-order valence-corrected chi connectivity index (χ4v) is 6.70.